The number of nitrogens with one attached hydrogen (secondary N) is 1. The van der Waals surface area contributed by atoms with E-state index in [9.17, 15) is 4.79 Å². The summed E-state index contributed by atoms with van der Waals surface area (Å²) in [7, 11) is 1.77. The van der Waals surface area contributed by atoms with Crippen molar-refractivity contribution in [2.24, 2.45) is 0 Å². The summed E-state index contributed by atoms with van der Waals surface area (Å²) in [6, 6.07) is 8.36. The number of likely N-dealkylation sites (N-methyl/N-ethyl adjacent to an activating group) is 1. The highest BCUT2D eigenvalue weighted by molar-refractivity contribution is 7.80. The van der Waals surface area contributed by atoms with Crippen molar-refractivity contribution in [3.8, 4) is 0 Å². The monoisotopic (exact) mass is 299 g/mol. The number of para-hydroxylation sites is 1. The van der Waals surface area contributed by atoms with Gasteiger partial charge in [0.05, 0.1) is 6.04 Å². The molecule has 0 unspecified atom stereocenters. The van der Waals surface area contributed by atoms with Crippen LogP contribution >= 0.6 is 12.2 Å². The largest absolute Gasteiger partial charge is 0.356 e. The van der Waals surface area contributed by atoms with Gasteiger partial charge < -0.3 is 9.88 Å². The highest BCUT2D eigenvalue weighted by Crippen LogP contribution is 2.45. The molecule has 1 fully saturated rings. The maximum absolute atomic E-state index is 12.7. The molecule has 2 aromatic rings. The van der Waals surface area contributed by atoms with Gasteiger partial charge in [-0.05, 0) is 37.7 Å². The van der Waals surface area contributed by atoms with Crippen LogP contribution in [0, 0.1) is 0 Å². The molecule has 108 valence electrons. The Labute approximate surface area is 128 Å². The smallest absolute Gasteiger partial charge is 0.254 e. The van der Waals surface area contributed by atoms with E-state index in [0.717, 1.165) is 5.52 Å². The molecular weight excluding hydrogens is 282 g/mol. The van der Waals surface area contributed by atoms with E-state index in [1.807, 2.05) is 19.1 Å². The zero-order chi connectivity index (χ0) is 14.9. The molecule has 4 nitrogen and oxygen atoms in total. The lowest BCUT2D eigenvalue weighted by atomic mass is 9.83. The number of benzene rings is 1. The minimum Gasteiger partial charge on any atom is -0.356 e. The molecule has 1 saturated heterocycles. The van der Waals surface area contributed by atoms with Gasteiger partial charge in [0.2, 0.25) is 0 Å². The van der Waals surface area contributed by atoms with E-state index in [1.54, 1.807) is 11.9 Å². The zero-order valence-electron chi connectivity index (χ0n) is 12.3. The Bertz CT molecular complexity index is 796. The van der Waals surface area contributed by atoms with Crippen LogP contribution in [0.2, 0.25) is 0 Å². The van der Waals surface area contributed by atoms with Gasteiger partial charge in [-0.15, -0.1) is 0 Å². The van der Waals surface area contributed by atoms with Crippen LogP contribution in [0.1, 0.15) is 31.1 Å². The number of carbonyl (C=O) groups excluding carboxylic acids is 1. The van der Waals surface area contributed by atoms with Gasteiger partial charge in [0, 0.05) is 30.1 Å². The fraction of sp³-hybridized carbons (Fsp3) is 0.375. The second-order valence-corrected chi connectivity index (χ2v) is 6.57. The van der Waals surface area contributed by atoms with Crippen LogP contribution in [0.5, 0.6) is 0 Å². The normalized spacial score (nSPS) is 28.2. The Morgan fingerprint density at radius 3 is 2.86 bits per heavy atom. The predicted molar refractivity (Wildman–Crippen MR) is 86.0 cm³/mol. The Hall–Kier alpha value is -1.88. The molecule has 1 N–H and O–H groups in total. The number of carbonyl (C=O) groups is 1. The number of aromatic amines is 1. The SMILES string of the molecule is C[C@H]1c2[nH]c3ccccc3c2C[C@]2(C)C(=O)N(C)C(=S)N12. The van der Waals surface area contributed by atoms with Crippen LogP contribution in [0.25, 0.3) is 10.9 Å². The second kappa shape index (κ2) is 3.85. The fourth-order valence-corrected chi connectivity index (χ4v) is 4.36. The van der Waals surface area contributed by atoms with Crippen molar-refractivity contribution in [3.05, 3.63) is 35.5 Å². The first-order valence-corrected chi connectivity index (χ1v) is 7.57. The van der Waals surface area contributed by atoms with Crippen molar-refractivity contribution in [3.63, 3.8) is 0 Å². The number of fused-ring (bicyclic) bond motifs is 4. The minimum absolute atomic E-state index is 0.0764. The van der Waals surface area contributed by atoms with E-state index in [1.165, 1.54) is 16.6 Å². The lowest BCUT2D eigenvalue weighted by Crippen LogP contribution is -2.52. The van der Waals surface area contributed by atoms with Crippen LogP contribution < -0.4 is 0 Å². The molecule has 0 saturated carbocycles. The van der Waals surface area contributed by atoms with Crippen molar-refractivity contribution in [2.75, 3.05) is 7.05 Å². The van der Waals surface area contributed by atoms with Crippen molar-refractivity contribution in [2.45, 2.75) is 31.8 Å². The number of H-pyrrole nitrogens is 1. The van der Waals surface area contributed by atoms with Gasteiger partial charge in [-0.1, -0.05) is 18.2 Å². The summed E-state index contributed by atoms with van der Waals surface area (Å²) in [5.74, 6) is 0.0929. The summed E-state index contributed by atoms with van der Waals surface area (Å²) in [4.78, 5) is 19.9. The third kappa shape index (κ3) is 1.39. The van der Waals surface area contributed by atoms with Gasteiger partial charge >= 0.3 is 0 Å². The molecule has 1 amide bonds. The number of aromatic nitrogens is 1. The number of nitrogens with zero attached hydrogens (tertiary/aromatic N) is 2. The summed E-state index contributed by atoms with van der Waals surface area (Å²) in [6.45, 7) is 4.12. The first-order chi connectivity index (χ1) is 9.95. The first kappa shape index (κ1) is 12.8. The zero-order valence-corrected chi connectivity index (χ0v) is 13.1. The molecular formula is C16H17N3OS. The highest BCUT2D eigenvalue weighted by Gasteiger charge is 2.55. The summed E-state index contributed by atoms with van der Waals surface area (Å²) in [6.07, 6.45) is 0.694. The van der Waals surface area contributed by atoms with Crippen molar-refractivity contribution >= 4 is 34.1 Å². The van der Waals surface area contributed by atoms with E-state index in [-0.39, 0.29) is 11.9 Å². The molecule has 0 spiro atoms. The molecule has 21 heavy (non-hydrogen) atoms. The van der Waals surface area contributed by atoms with Crippen molar-refractivity contribution < 1.29 is 4.79 Å². The number of rotatable bonds is 0. The lowest BCUT2D eigenvalue weighted by Gasteiger charge is -2.42. The quantitative estimate of drug-likeness (QED) is 0.760. The molecule has 5 heteroatoms. The van der Waals surface area contributed by atoms with Gasteiger partial charge in [-0.3, -0.25) is 9.69 Å². The molecule has 1 aromatic heterocycles. The Morgan fingerprint density at radius 2 is 2.10 bits per heavy atom. The molecule has 0 radical (unpaired) electrons. The van der Waals surface area contributed by atoms with Crippen molar-refractivity contribution in [1.29, 1.82) is 0 Å². The third-order valence-corrected chi connectivity index (χ3v) is 5.43. The Morgan fingerprint density at radius 1 is 1.38 bits per heavy atom. The van der Waals surface area contributed by atoms with Crippen LogP contribution in [0.15, 0.2) is 24.3 Å². The van der Waals surface area contributed by atoms with Crippen LogP contribution in [-0.4, -0.2) is 38.4 Å². The lowest BCUT2D eigenvalue weighted by molar-refractivity contribution is -0.132. The molecule has 3 heterocycles. The molecule has 2 aliphatic rings. The molecule has 1 aromatic carbocycles. The van der Waals surface area contributed by atoms with E-state index >= 15 is 0 Å². The van der Waals surface area contributed by atoms with Crippen LogP contribution in [0.3, 0.4) is 0 Å². The average molecular weight is 299 g/mol. The summed E-state index contributed by atoms with van der Waals surface area (Å²) < 4.78 is 0. The molecule has 4 rings (SSSR count). The summed E-state index contributed by atoms with van der Waals surface area (Å²) in [5, 5.41) is 1.84. The number of hydrogen-bond acceptors (Lipinski definition) is 2. The van der Waals surface area contributed by atoms with Gasteiger partial charge in [-0.2, -0.15) is 0 Å². The first-order valence-electron chi connectivity index (χ1n) is 7.16. The van der Waals surface area contributed by atoms with E-state index in [0.29, 0.717) is 11.5 Å². The molecule has 2 atom stereocenters. The third-order valence-electron chi connectivity index (χ3n) is 4.96. The highest BCUT2D eigenvalue weighted by atomic mass is 32.1. The number of hydrogen-bond donors (Lipinski definition) is 1. The maximum Gasteiger partial charge on any atom is 0.254 e. The number of thiocarbonyl (C=S) groups is 1. The fourth-order valence-electron chi connectivity index (χ4n) is 3.92. The van der Waals surface area contributed by atoms with Crippen LogP contribution in [-0.2, 0) is 11.2 Å². The molecule has 2 aliphatic heterocycles. The van der Waals surface area contributed by atoms with Gasteiger partial charge in [0.15, 0.2) is 5.11 Å². The summed E-state index contributed by atoms with van der Waals surface area (Å²) in [5.41, 5.74) is 3.00. The second-order valence-electron chi connectivity index (χ2n) is 6.21. The average Bonchev–Trinajstić information content (AvgIpc) is 2.91. The Kier molecular flexibility index (Phi) is 2.35. The summed E-state index contributed by atoms with van der Waals surface area (Å²) >= 11 is 5.49. The van der Waals surface area contributed by atoms with Gasteiger partial charge in [0.1, 0.15) is 5.54 Å². The molecule has 0 aliphatic carbocycles. The topological polar surface area (TPSA) is 39.3 Å². The van der Waals surface area contributed by atoms with E-state index in [4.69, 9.17) is 12.2 Å². The van der Waals surface area contributed by atoms with Crippen LogP contribution in [0.4, 0.5) is 0 Å². The maximum atomic E-state index is 12.7. The van der Waals surface area contributed by atoms with E-state index < -0.39 is 5.54 Å². The molecule has 0 bridgehead atoms. The Balaban J connectivity index is 1.98. The predicted octanol–water partition coefficient (Wildman–Crippen LogP) is 2.60. The van der Waals surface area contributed by atoms with Gasteiger partial charge in [0.25, 0.3) is 5.91 Å². The number of amides is 1. The van der Waals surface area contributed by atoms with Crippen molar-refractivity contribution in [1.82, 2.24) is 14.8 Å². The standard InChI is InChI=1S/C16H17N3OS/c1-9-13-11(10-6-4-5-7-12(10)17-13)8-16(2)14(20)18(3)15(21)19(9)16/h4-7,9,17H,8H2,1-3H3/t9-,16+/m0/s1. The van der Waals surface area contributed by atoms with E-state index in [2.05, 4.69) is 28.9 Å². The van der Waals surface area contributed by atoms with Gasteiger partial charge in [-0.25, -0.2) is 0 Å². The minimum atomic E-state index is -0.566.